The molecule has 1 aromatic carbocycles. The van der Waals surface area contributed by atoms with Gasteiger partial charge in [0.15, 0.2) is 0 Å². The zero-order valence-corrected chi connectivity index (χ0v) is 14.8. The minimum Gasteiger partial charge on any atom is -0.358 e. The molecular weight excluding hydrogens is 356 g/mol. The standard InChI is InChI=1S/C14H21BrN2O3S/c1-10(2)8-13(14(18)16-3)17-21(19,20)12-6-4-11(9-15)5-7-12/h4-7,10,13,17H,8-9H2,1-3H3,(H,16,18). The third kappa shape index (κ3) is 5.41. The number of nitrogens with one attached hydrogen (secondary N) is 2. The first kappa shape index (κ1) is 18.1. The van der Waals surface area contributed by atoms with Crippen molar-refractivity contribution in [2.45, 2.75) is 36.5 Å². The molecule has 0 bridgehead atoms. The van der Waals surface area contributed by atoms with Crippen molar-refractivity contribution < 1.29 is 13.2 Å². The number of hydrogen-bond donors (Lipinski definition) is 2. The highest BCUT2D eigenvalue weighted by atomic mass is 79.9. The Labute approximate surface area is 134 Å². The van der Waals surface area contributed by atoms with E-state index in [-0.39, 0.29) is 16.7 Å². The van der Waals surface area contributed by atoms with Gasteiger partial charge in [0.2, 0.25) is 15.9 Å². The SMILES string of the molecule is CNC(=O)C(CC(C)C)NS(=O)(=O)c1ccc(CBr)cc1. The maximum atomic E-state index is 12.3. The molecule has 2 N–H and O–H groups in total. The second-order valence-corrected chi connectivity index (χ2v) is 7.47. The smallest absolute Gasteiger partial charge is 0.241 e. The van der Waals surface area contributed by atoms with Crippen LogP contribution in [-0.2, 0) is 20.1 Å². The molecule has 1 amide bonds. The second kappa shape index (κ2) is 7.91. The molecule has 0 aromatic heterocycles. The Bertz CT molecular complexity index is 570. The fraction of sp³-hybridized carbons (Fsp3) is 0.500. The van der Waals surface area contributed by atoms with Crippen molar-refractivity contribution in [3.05, 3.63) is 29.8 Å². The van der Waals surface area contributed by atoms with Crippen LogP contribution in [0.1, 0.15) is 25.8 Å². The summed E-state index contributed by atoms with van der Waals surface area (Å²) in [5.74, 6) is -0.130. The lowest BCUT2D eigenvalue weighted by Crippen LogP contribution is -2.46. The van der Waals surface area contributed by atoms with Crippen LogP contribution in [-0.4, -0.2) is 27.4 Å². The molecule has 0 heterocycles. The summed E-state index contributed by atoms with van der Waals surface area (Å²) >= 11 is 3.31. The third-order valence-corrected chi connectivity index (χ3v) is 5.09. The molecule has 1 unspecified atom stereocenters. The molecule has 21 heavy (non-hydrogen) atoms. The number of likely N-dealkylation sites (N-methyl/N-ethyl adjacent to an activating group) is 1. The van der Waals surface area contributed by atoms with Gasteiger partial charge in [-0.1, -0.05) is 41.9 Å². The summed E-state index contributed by atoms with van der Waals surface area (Å²) in [4.78, 5) is 12.0. The van der Waals surface area contributed by atoms with Gasteiger partial charge in [0.25, 0.3) is 0 Å². The fourth-order valence-corrected chi connectivity index (χ4v) is 3.45. The predicted octanol–water partition coefficient (Wildman–Crippen LogP) is 2.02. The summed E-state index contributed by atoms with van der Waals surface area (Å²) in [5, 5.41) is 3.15. The molecular formula is C14H21BrN2O3S. The van der Waals surface area contributed by atoms with E-state index in [0.29, 0.717) is 11.8 Å². The molecule has 1 aromatic rings. The first-order valence-electron chi connectivity index (χ1n) is 6.69. The van der Waals surface area contributed by atoms with Gasteiger partial charge in [-0.3, -0.25) is 4.79 Å². The van der Waals surface area contributed by atoms with Crippen molar-refractivity contribution in [3.8, 4) is 0 Å². The molecule has 0 aliphatic heterocycles. The number of benzene rings is 1. The van der Waals surface area contributed by atoms with Gasteiger partial charge < -0.3 is 5.32 Å². The number of carbonyl (C=O) groups excluding carboxylic acids is 1. The van der Waals surface area contributed by atoms with Crippen LogP contribution < -0.4 is 10.0 Å². The molecule has 1 rings (SSSR count). The molecule has 118 valence electrons. The second-order valence-electron chi connectivity index (χ2n) is 5.20. The van der Waals surface area contributed by atoms with Crippen molar-refractivity contribution in [2.24, 2.45) is 5.92 Å². The van der Waals surface area contributed by atoms with Gasteiger partial charge in [-0.15, -0.1) is 0 Å². The molecule has 0 saturated heterocycles. The van der Waals surface area contributed by atoms with E-state index < -0.39 is 16.1 Å². The van der Waals surface area contributed by atoms with E-state index in [2.05, 4.69) is 26.0 Å². The number of sulfonamides is 1. The molecule has 0 radical (unpaired) electrons. The van der Waals surface area contributed by atoms with Gasteiger partial charge in [-0.25, -0.2) is 8.42 Å². The Morgan fingerprint density at radius 2 is 1.81 bits per heavy atom. The van der Waals surface area contributed by atoms with Crippen LogP contribution in [0.25, 0.3) is 0 Å². The topological polar surface area (TPSA) is 75.3 Å². The highest BCUT2D eigenvalue weighted by Gasteiger charge is 2.25. The van der Waals surface area contributed by atoms with E-state index >= 15 is 0 Å². The number of amides is 1. The molecule has 5 nitrogen and oxygen atoms in total. The minimum absolute atomic E-state index is 0.157. The number of rotatable bonds is 7. The summed E-state index contributed by atoms with van der Waals surface area (Å²) in [6.07, 6.45) is 0.443. The highest BCUT2D eigenvalue weighted by molar-refractivity contribution is 9.08. The van der Waals surface area contributed by atoms with E-state index in [0.717, 1.165) is 5.56 Å². The van der Waals surface area contributed by atoms with Crippen LogP contribution in [0, 0.1) is 5.92 Å². The highest BCUT2D eigenvalue weighted by Crippen LogP contribution is 2.14. The van der Waals surface area contributed by atoms with Gasteiger partial charge in [0, 0.05) is 12.4 Å². The number of alkyl halides is 1. The Hall–Kier alpha value is -0.920. The lowest BCUT2D eigenvalue weighted by molar-refractivity contribution is -0.122. The average molecular weight is 377 g/mol. The van der Waals surface area contributed by atoms with E-state index in [4.69, 9.17) is 0 Å². The molecule has 1 atom stereocenters. The normalized spacial score (nSPS) is 13.2. The maximum absolute atomic E-state index is 12.3. The maximum Gasteiger partial charge on any atom is 0.241 e. The zero-order chi connectivity index (χ0) is 16.0. The largest absolute Gasteiger partial charge is 0.358 e. The van der Waals surface area contributed by atoms with Crippen LogP contribution in [0.5, 0.6) is 0 Å². The van der Waals surface area contributed by atoms with Gasteiger partial charge in [0.05, 0.1) is 4.90 Å². The molecule has 0 spiro atoms. The van der Waals surface area contributed by atoms with Crippen molar-refractivity contribution in [1.29, 1.82) is 0 Å². The Morgan fingerprint density at radius 1 is 1.24 bits per heavy atom. The lowest BCUT2D eigenvalue weighted by Gasteiger charge is -2.19. The van der Waals surface area contributed by atoms with Gasteiger partial charge in [-0.2, -0.15) is 4.72 Å². The quantitative estimate of drug-likeness (QED) is 0.714. The predicted molar refractivity (Wildman–Crippen MR) is 86.7 cm³/mol. The Kier molecular flexibility index (Phi) is 6.83. The van der Waals surface area contributed by atoms with Crippen molar-refractivity contribution in [2.75, 3.05) is 7.05 Å². The molecule has 0 aliphatic rings. The fourth-order valence-electron chi connectivity index (χ4n) is 1.87. The van der Waals surface area contributed by atoms with Gasteiger partial charge in [-0.05, 0) is 30.0 Å². The first-order valence-corrected chi connectivity index (χ1v) is 9.29. The van der Waals surface area contributed by atoms with Gasteiger partial charge >= 0.3 is 0 Å². The zero-order valence-electron chi connectivity index (χ0n) is 12.4. The van der Waals surface area contributed by atoms with Crippen LogP contribution in [0.4, 0.5) is 0 Å². The molecule has 7 heteroatoms. The van der Waals surface area contributed by atoms with E-state index in [1.807, 2.05) is 13.8 Å². The van der Waals surface area contributed by atoms with E-state index in [1.165, 1.54) is 19.2 Å². The summed E-state index contributed by atoms with van der Waals surface area (Å²) < 4.78 is 27.2. The van der Waals surface area contributed by atoms with Crippen LogP contribution in [0.2, 0.25) is 0 Å². The van der Waals surface area contributed by atoms with Crippen molar-refractivity contribution in [3.63, 3.8) is 0 Å². The van der Waals surface area contributed by atoms with Crippen LogP contribution in [0.15, 0.2) is 29.2 Å². The number of halogens is 1. The lowest BCUT2D eigenvalue weighted by atomic mass is 10.0. The Balaban J connectivity index is 2.96. The first-order chi connectivity index (χ1) is 9.80. The van der Waals surface area contributed by atoms with Gasteiger partial charge in [0.1, 0.15) is 6.04 Å². The molecule has 0 aliphatic carbocycles. The summed E-state index contributed by atoms with van der Waals surface area (Å²) in [6, 6.07) is 5.78. The summed E-state index contributed by atoms with van der Waals surface area (Å²) in [6.45, 7) is 3.88. The van der Waals surface area contributed by atoms with Crippen LogP contribution >= 0.6 is 15.9 Å². The Morgan fingerprint density at radius 3 is 2.24 bits per heavy atom. The number of hydrogen-bond acceptors (Lipinski definition) is 3. The minimum atomic E-state index is -3.71. The third-order valence-electron chi connectivity index (χ3n) is 2.96. The molecule has 0 fully saturated rings. The molecule has 0 saturated carbocycles. The number of carbonyl (C=O) groups is 1. The van der Waals surface area contributed by atoms with E-state index in [9.17, 15) is 13.2 Å². The monoisotopic (exact) mass is 376 g/mol. The summed E-state index contributed by atoms with van der Waals surface area (Å²) in [5.41, 5.74) is 0.985. The van der Waals surface area contributed by atoms with E-state index in [1.54, 1.807) is 12.1 Å². The van der Waals surface area contributed by atoms with Crippen molar-refractivity contribution >= 4 is 31.9 Å². The summed E-state index contributed by atoms with van der Waals surface area (Å²) in [7, 11) is -2.22. The van der Waals surface area contributed by atoms with Crippen LogP contribution in [0.3, 0.4) is 0 Å². The van der Waals surface area contributed by atoms with Crippen molar-refractivity contribution in [1.82, 2.24) is 10.0 Å². The average Bonchev–Trinajstić information content (AvgIpc) is 2.45.